The van der Waals surface area contributed by atoms with Gasteiger partial charge >= 0.3 is 0 Å². The molecule has 0 aliphatic carbocycles. The van der Waals surface area contributed by atoms with Crippen molar-refractivity contribution in [1.29, 1.82) is 0 Å². The van der Waals surface area contributed by atoms with Crippen LogP contribution < -0.4 is 0 Å². The molecule has 122 valence electrons. The van der Waals surface area contributed by atoms with E-state index in [0.29, 0.717) is 5.01 Å². The Hall–Kier alpha value is -2.96. The molecule has 0 radical (unpaired) electrons. The van der Waals surface area contributed by atoms with Crippen LogP contribution in [0.5, 0.6) is 0 Å². The highest BCUT2D eigenvalue weighted by atomic mass is 32.1. The fourth-order valence-electron chi connectivity index (χ4n) is 2.96. The van der Waals surface area contributed by atoms with Crippen molar-refractivity contribution in [2.45, 2.75) is 6.61 Å². The first-order chi connectivity index (χ1) is 12.3. The van der Waals surface area contributed by atoms with Gasteiger partial charge in [-0.05, 0) is 12.1 Å². The summed E-state index contributed by atoms with van der Waals surface area (Å²) in [5.74, 6) is 0.775. The van der Waals surface area contributed by atoms with Crippen molar-refractivity contribution in [1.82, 2.24) is 14.4 Å². The maximum Gasteiger partial charge on any atom is 0.161 e. The molecule has 6 heteroatoms. The zero-order valence-corrected chi connectivity index (χ0v) is 13.9. The van der Waals surface area contributed by atoms with E-state index in [0.717, 1.165) is 39.1 Å². The van der Waals surface area contributed by atoms with Gasteiger partial charge in [-0.25, -0.2) is 9.97 Å². The van der Waals surface area contributed by atoms with Crippen LogP contribution in [0.1, 0.15) is 5.01 Å². The summed E-state index contributed by atoms with van der Waals surface area (Å²) in [6.07, 6.45) is 5.71. The van der Waals surface area contributed by atoms with Crippen LogP contribution in [-0.2, 0) is 6.61 Å². The molecular formula is C19H13N3O2S. The minimum Gasteiger partial charge on any atom is -0.461 e. The summed E-state index contributed by atoms with van der Waals surface area (Å²) in [5.41, 5.74) is 3.48. The maximum absolute atomic E-state index is 9.19. The summed E-state index contributed by atoms with van der Waals surface area (Å²) in [7, 11) is 0. The summed E-state index contributed by atoms with van der Waals surface area (Å²) in [4.78, 5) is 9.09. The van der Waals surface area contributed by atoms with E-state index in [1.165, 1.54) is 11.3 Å². The van der Waals surface area contributed by atoms with Crippen molar-refractivity contribution >= 4 is 27.8 Å². The zero-order chi connectivity index (χ0) is 16.8. The Balaban J connectivity index is 1.62. The van der Waals surface area contributed by atoms with Gasteiger partial charge in [0.15, 0.2) is 5.76 Å². The summed E-state index contributed by atoms with van der Waals surface area (Å²) in [6.45, 7) is -0.0340. The molecule has 0 aliphatic heterocycles. The number of aliphatic hydroxyl groups is 1. The van der Waals surface area contributed by atoms with Crippen LogP contribution in [0.3, 0.4) is 0 Å². The Labute approximate surface area is 146 Å². The average molecular weight is 347 g/mol. The number of rotatable bonds is 3. The van der Waals surface area contributed by atoms with E-state index >= 15 is 0 Å². The molecule has 5 rings (SSSR count). The molecule has 4 heterocycles. The summed E-state index contributed by atoms with van der Waals surface area (Å²) in [5, 5.41) is 14.0. The molecule has 0 saturated heterocycles. The lowest BCUT2D eigenvalue weighted by Crippen LogP contribution is -1.86. The second-order valence-electron chi connectivity index (χ2n) is 5.75. The van der Waals surface area contributed by atoms with Crippen LogP contribution in [0.2, 0.25) is 0 Å². The first-order valence-electron chi connectivity index (χ1n) is 7.83. The Morgan fingerprint density at radius 1 is 1.04 bits per heavy atom. The van der Waals surface area contributed by atoms with Crippen LogP contribution >= 0.6 is 11.3 Å². The first-order valence-corrected chi connectivity index (χ1v) is 8.71. The molecule has 0 saturated carbocycles. The lowest BCUT2D eigenvalue weighted by molar-refractivity contribution is 0.281. The third kappa shape index (κ3) is 2.34. The van der Waals surface area contributed by atoms with E-state index in [2.05, 4.69) is 9.97 Å². The van der Waals surface area contributed by atoms with Crippen LogP contribution in [-0.4, -0.2) is 19.5 Å². The molecule has 0 unspecified atom stereocenters. The summed E-state index contributed by atoms with van der Waals surface area (Å²) < 4.78 is 7.72. The van der Waals surface area contributed by atoms with Gasteiger partial charge in [-0.2, -0.15) is 0 Å². The van der Waals surface area contributed by atoms with Gasteiger partial charge in [-0.1, -0.05) is 24.3 Å². The highest BCUT2D eigenvalue weighted by Gasteiger charge is 2.13. The predicted molar refractivity (Wildman–Crippen MR) is 97.4 cm³/mol. The largest absolute Gasteiger partial charge is 0.461 e. The quantitative estimate of drug-likeness (QED) is 0.526. The Morgan fingerprint density at radius 2 is 1.96 bits per heavy atom. The van der Waals surface area contributed by atoms with Crippen LogP contribution in [0.4, 0.5) is 0 Å². The van der Waals surface area contributed by atoms with Crippen molar-refractivity contribution in [3.8, 4) is 22.7 Å². The van der Waals surface area contributed by atoms with Crippen molar-refractivity contribution in [2.75, 3.05) is 0 Å². The van der Waals surface area contributed by atoms with E-state index in [9.17, 15) is 5.11 Å². The molecule has 1 N–H and O–H groups in total. The monoisotopic (exact) mass is 347 g/mol. The number of benzene rings is 1. The van der Waals surface area contributed by atoms with Crippen LogP contribution in [0.25, 0.3) is 39.1 Å². The normalized spacial score (nSPS) is 11.6. The molecule has 0 bridgehead atoms. The molecule has 5 aromatic rings. The van der Waals surface area contributed by atoms with Crippen molar-refractivity contribution in [3.05, 3.63) is 65.4 Å². The Morgan fingerprint density at radius 3 is 2.84 bits per heavy atom. The Bertz CT molecular complexity index is 1200. The number of hydrogen-bond donors (Lipinski definition) is 1. The fraction of sp³-hybridized carbons (Fsp3) is 0.0526. The topological polar surface area (TPSA) is 63.6 Å². The van der Waals surface area contributed by atoms with Crippen LogP contribution in [0.15, 0.2) is 64.9 Å². The van der Waals surface area contributed by atoms with Crippen molar-refractivity contribution in [3.63, 3.8) is 0 Å². The number of nitrogens with zero attached hydrogens (tertiary/aromatic N) is 3. The number of aromatic nitrogens is 3. The van der Waals surface area contributed by atoms with Gasteiger partial charge in [0.1, 0.15) is 16.3 Å². The van der Waals surface area contributed by atoms with E-state index in [4.69, 9.17) is 4.42 Å². The predicted octanol–water partition coefficient (Wildman–Crippen LogP) is 4.36. The highest BCUT2D eigenvalue weighted by molar-refractivity contribution is 7.09. The first kappa shape index (κ1) is 14.4. The molecule has 0 aliphatic rings. The molecule has 4 aromatic heterocycles. The third-order valence-electron chi connectivity index (χ3n) is 4.18. The molecule has 0 atom stereocenters. The van der Waals surface area contributed by atoms with Crippen LogP contribution in [0, 0.1) is 0 Å². The molecule has 5 nitrogen and oxygen atoms in total. The van der Waals surface area contributed by atoms with Crippen molar-refractivity contribution in [2.24, 2.45) is 0 Å². The molecule has 0 spiro atoms. The molecular weight excluding hydrogens is 334 g/mol. The standard InChI is InChI=1S/C19H13N3O2S/c23-9-18-21-16(11-25-18)12-5-6-17-20-15(8-22(17)7-12)19-14-4-2-1-3-13(14)10-24-19/h1-8,10-11,23H,9H2. The highest BCUT2D eigenvalue weighted by Crippen LogP contribution is 2.30. The number of fused-ring (bicyclic) bond motifs is 2. The minimum atomic E-state index is -0.0340. The number of hydrogen-bond acceptors (Lipinski definition) is 5. The molecule has 0 amide bonds. The fourth-order valence-corrected chi connectivity index (χ4v) is 3.62. The van der Waals surface area contributed by atoms with Gasteiger partial charge in [-0.3, -0.25) is 0 Å². The smallest absolute Gasteiger partial charge is 0.161 e. The van der Waals surface area contributed by atoms with Gasteiger partial charge in [0, 0.05) is 34.1 Å². The number of aliphatic hydroxyl groups excluding tert-OH is 1. The SMILES string of the molecule is OCc1nc(-c2ccc3nc(-c4occ5ccccc45)cn3c2)cs1. The third-order valence-corrected chi connectivity index (χ3v) is 5.01. The van der Waals surface area contributed by atoms with Gasteiger partial charge in [0.25, 0.3) is 0 Å². The lowest BCUT2D eigenvalue weighted by Gasteiger charge is -1.98. The molecule has 1 aromatic carbocycles. The van der Waals surface area contributed by atoms with E-state index in [1.807, 2.05) is 58.6 Å². The van der Waals surface area contributed by atoms with E-state index in [1.54, 1.807) is 6.26 Å². The number of thiazole rings is 1. The minimum absolute atomic E-state index is 0.0340. The summed E-state index contributed by atoms with van der Waals surface area (Å²) in [6, 6.07) is 12.0. The zero-order valence-electron chi connectivity index (χ0n) is 13.1. The van der Waals surface area contributed by atoms with Gasteiger partial charge in [0.2, 0.25) is 0 Å². The number of furan rings is 1. The van der Waals surface area contributed by atoms with E-state index < -0.39 is 0 Å². The van der Waals surface area contributed by atoms with E-state index in [-0.39, 0.29) is 6.61 Å². The summed E-state index contributed by atoms with van der Waals surface area (Å²) >= 11 is 1.45. The van der Waals surface area contributed by atoms with Gasteiger partial charge < -0.3 is 13.9 Å². The second kappa shape index (κ2) is 5.54. The number of imidazole rings is 1. The second-order valence-corrected chi connectivity index (χ2v) is 6.69. The Kier molecular flexibility index (Phi) is 3.19. The van der Waals surface area contributed by atoms with Gasteiger partial charge in [-0.15, -0.1) is 11.3 Å². The molecule has 0 fully saturated rings. The molecule has 25 heavy (non-hydrogen) atoms. The lowest BCUT2D eigenvalue weighted by atomic mass is 10.1. The average Bonchev–Trinajstić information content (AvgIpc) is 3.37. The maximum atomic E-state index is 9.19. The number of pyridine rings is 1. The van der Waals surface area contributed by atoms with Gasteiger partial charge in [0.05, 0.1) is 18.6 Å². The van der Waals surface area contributed by atoms with Crippen molar-refractivity contribution < 1.29 is 9.52 Å².